The third-order valence-corrected chi connectivity index (χ3v) is 5.46. The first-order valence-electron chi connectivity index (χ1n) is 12.3. The number of amides is 1. The third-order valence-electron chi connectivity index (χ3n) is 5.46. The monoisotopic (exact) mass is 570 g/mol. The maximum Gasteiger partial charge on any atom is 0.416 e. The molecule has 0 atom stereocenters. The van der Waals surface area contributed by atoms with Crippen LogP contribution < -0.4 is 9.64 Å². The van der Waals surface area contributed by atoms with Crippen molar-refractivity contribution >= 4 is 29.4 Å². The van der Waals surface area contributed by atoms with E-state index in [2.05, 4.69) is 15.4 Å². The van der Waals surface area contributed by atoms with Gasteiger partial charge in [-0.05, 0) is 68.4 Å². The number of anilines is 1. The SMILES string of the molecule is CCO\N=C(/C(C)=N/N=C/c1ccccc1N(COC)C(=O)OC)c1ccc(Oc2ccc(C(F)(F)F)cc2)cc1. The number of halogens is 3. The molecule has 3 aromatic rings. The summed E-state index contributed by atoms with van der Waals surface area (Å²) >= 11 is 0. The Morgan fingerprint density at radius 3 is 2.17 bits per heavy atom. The van der Waals surface area contributed by atoms with Crippen molar-refractivity contribution in [3.05, 3.63) is 89.5 Å². The van der Waals surface area contributed by atoms with E-state index >= 15 is 0 Å². The smallest absolute Gasteiger partial charge is 0.416 e. The Balaban J connectivity index is 1.80. The summed E-state index contributed by atoms with van der Waals surface area (Å²) < 4.78 is 54.1. The molecule has 1 amide bonds. The maximum atomic E-state index is 12.8. The molecule has 3 aromatic carbocycles. The summed E-state index contributed by atoms with van der Waals surface area (Å²) in [5.74, 6) is 0.678. The van der Waals surface area contributed by atoms with Gasteiger partial charge in [-0.15, -0.1) is 0 Å². The van der Waals surface area contributed by atoms with Gasteiger partial charge in [0.15, 0.2) is 0 Å². The van der Waals surface area contributed by atoms with Gasteiger partial charge in [-0.1, -0.05) is 23.4 Å². The van der Waals surface area contributed by atoms with Crippen molar-refractivity contribution in [2.75, 3.05) is 32.5 Å². The summed E-state index contributed by atoms with van der Waals surface area (Å²) in [5, 5.41) is 12.6. The van der Waals surface area contributed by atoms with E-state index in [9.17, 15) is 18.0 Å². The van der Waals surface area contributed by atoms with Crippen LogP contribution in [0, 0.1) is 0 Å². The fourth-order valence-corrected chi connectivity index (χ4v) is 3.51. The zero-order valence-corrected chi connectivity index (χ0v) is 22.9. The van der Waals surface area contributed by atoms with Gasteiger partial charge in [0, 0.05) is 18.2 Å². The minimum absolute atomic E-state index is 0.0242. The van der Waals surface area contributed by atoms with Gasteiger partial charge in [-0.2, -0.15) is 23.4 Å². The quantitative estimate of drug-likeness (QED) is 0.142. The first-order valence-corrected chi connectivity index (χ1v) is 12.3. The van der Waals surface area contributed by atoms with Gasteiger partial charge < -0.3 is 19.0 Å². The van der Waals surface area contributed by atoms with Crippen LogP contribution in [0.3, 0.4) is 0 Å². The molecule has 0 aliphatic heterocycles. The predicted molar refractivity (Wildman–Crippen MR) is 150 cm³/mol. The van der Waals surface area contributed by atoms with E-state index in [1.807, 2.05) is 0 Å². The van der Waals surface area contributed by atoms with Crippen LogP contribution in [0.4, 0.5) is 23.7 Å². The average Bonchev–Trinajstić information content (AvgIpc) is 2.96. The van der Waals surface area contributed by atoms with Crippen molar-refractivity contribution in [1.82, 2.24) is 0 Å². The number of alkyl halides is 3. The molecule has 0 saturated heterocycles. The molecule has 0 aliphatic rings. The van der Waals surface area contributed by atoms with E-state index in [0.717, 1.165) is 12.1 Å². The molecule has 41 heavy (non-hydrogen) atoms. The topological polar surface area (TPSA) is 94.3 Å². The molecule has 0 bridgehead atoms. The summed E-state index contributed by atoms with van der Waals surface area (Å²) in [5.41, 5.74) is 1.85. The zero-order chi connectivity index (χ0) is 29.8. The second kappa shape index (κ2) is 14.6. The highest BCUT2D eigenvalue weighted by molar-refractivity contribution is 6.47. The molecule has 9 nitrogen and oxygen atoms in total. The van der Waals surface area contributed by atoms with Crippen molar-refractivity contribution in [2.24, 2.45) is 15.4 Å². The fraction of sp³-hybridized carbons (Fsp3) is 0.241. The average molecular weight is 571 g/mol. The lowest BCUT2D eigenvalue weighted by molar-refractivity contribution is -0.137. The summed E-state index contributed by atoms with van der Waals surface area (Å²) in [6.07, 6.45) is -3.52. The van der Waals surface area contributed by atoms with Gasteiger partial charge in [0.25, 0.3) is 0 Å². The molecule has 0 unspecified atom stereocenters. The van der Waals surface area contributed by atoms with Crippen molar-refractivity contribution in [2.45, 2.75) is 20.0 Å². The third kappa shape index (κ3) is 8.64. The van der Waals surface area contributed by atoms with Crippen LogP contribution >= 0.6 is 0 Å². The molecule has 0 spiro atoms. The summed E-state index contributed by atoms with van der Waals surface area (Å²) in [6.45, 7) is 3.80. The number of para-hydroxylation sites is 1. The van der Waals surface area contributed by atoms with Crippen LogP contribution in [0.15, 0.2) is 88.2 Å². The number of hydrogen-bond donors (Lipinski definition) is 0. The summed E-state index contributed by atoms with van der Waals surface area (Å²) in [4.78, 5) is 18.8. The van der Waals surface area contributed by atoms with Gasteiger partial charge in [-0.3, -0.25) is 4.90 Å². The van der Waals surface area contributed by atoms with E-state index < -0.39 is 17.8 Å². The van der Waals surface area contributed by atoms with Crippen molar-refractivity contribution in [1.29, 1.82) is 0 Å². The highest BCUT2D eigenvalue weighted by atomic mass is 19.4. The first-order chi connectivity index (χ1) is 19.7. The lowest BCUT2D eigenvalue weighted by atomic mass is 10.1. The molecule has 0 saturated carbocycles. The van der Waals surface area contributed by atoms with Crippen molar-refractivity contribution < 1.29 is 37.0 Å². The number of carbonyl (C=O) groups excluding carboxylic acids is 1. The van der Waals surface area contributed by atoms with Crippen molar-refractivity contribution in [3.8, 4) is 11.5 Å². The minimum Gasteiger partial charge on any atom is -0.457 e. The number of hydrogen-bond acceptors (Lipinski definition) is 8. The Morgan fingerprint density at radius 1 is 0.951 bits per heavy atom. The Bertz CT molecular complexity index is 1390. The van der Waals surface area contributed by atoms with E-state index in [1.54, 1.807) is 62.4 Å². The zero-order valence-electron chi connectivity index (χ0n) is 22.9. The minimum atomic E-state index is -4.42. The molecule has 0 radical (unpaired) electrons. The highest BCUT2D eigenvalue weighted by Crippen LogP contribution is 2.31. The summed E-state index contributed by atoms with van der Waals surface area (Å²) in [7, 11) is 2.74. The molecule has 216 valence electrons. The van der Waals surface area contributed by atoms with Crippen LogP contribution in [0.25, 0.3) is 0 Å². The molecule has 3 rings (SSSR count). The Labute approximate surface area is 235 Å². The molecule has 0 N–H and O–H groups in total. The number of ether oxygens (including phenoxy) is 3. The number of oxime groups is 1. The number of carbonyl (C=O) groups is 1. The van der Waals surface area contributed by atoms with Crippen LogP contribution in [0.1, 0.15) is 30.5 Å². The van der Waals surface area contributed by atoms with Crippen LogP contribution in [0.2, 0.25) is 0 Å². The standard InChI is InChI=1S/C29H29F3N4O5/c1-5-40-35-27(21-10-14-24(15-11-21)41-25-16-12-23(13-17-25)29(30,31)32)20(2)34-33-18-22-8-6-7-9-26(22)36(19-38-3)28(37)39-4/h6-18H,5,19H2,1-4H3/b33-18+,34-20+,35-27+. The first kappa shape index (κ1) is 30.8. The molecule has 0 heterocycles. The van der Waals surface area contributed by atoms with E-state index in [0.29, 0.717) is 40.6 Å². The van der Waals surface area contributed by atoms with Gasteiger partial charge in [-0.25, -0.2) is 4.79 Å². The number of benzene rings is 3. The van der Waals surface area contributed by atoms with Gasteiger partial charge in [0.05, 0.1) is 30.3 Å². The van der Waals surface area contributed by atoms with E-state index in [4.69, 9.17) is 19.0 Å². The van der Waals surface area contributed by atoms with Crippen LogP contribution in [-0.2, 0) is 20.5 Å². The van der Waals surface area contributed by atoms with E-state index in [1.165, 1.54) is 37.5 Å². The molecular weight excluding hydrogens is 541 g/mol. The molecule has 0 aliphatic carbocycles. The van der Waals surface area contributed by atoms with Gasteiger partial charge >= 0.3 is 12.3 Å². The summed E-state index contributed by atoms with van der Waals surface area (Å²) in [6, 6.07) is 18.2. The second-order valence-electron chi connectivity index (χ2n) is 8.31. The second-order valence-corrected chi connectivity index (χ2v) is 8.31. The lowest BCUT2D eigenvalue weighted by Gasteiger charge is -2.21. The molecule has 0 aromatic heterocycles. The molecule has 12 heteroatoms. The van der Waals surface area contributed by atoms with Crippen LogP contribution in [-0.4, -0.2) is 51.3 Å². The van der Waals surface area contributed by atoms with Gasteiger partial charge in [0.1, 0.15) is 30.5 Å². The molecular formula is C29H29F3N4O5. The Hall–Kier alpha value is -4.71. The van der Waals surface area contributed by atoms with Gasteiger partial charge in [0.2, 0.25) is 0 Å². The normalized spacial score (nSPS) is 12.4. The van der Waals surface area contributed by atoms with Crippen molar-refractivity contribution in [3.63, 3.8) is 0 Å². The predicted octanol–water partition coefficient (Wildman–Crippen LogP) is 6.91. The fourth-order valence-electron chi connectivity index (χ4n) is 3.51. The number of nitrogens with zero attached hydrogens (tertiary/aromatic N) is 4. The Kier molecular flexibility index (Phi) is 11.0. The highest BCUT2D eigenvalue weighted by Gasteiger charge is 2.30. The lowest BCUT2D eigenvalue weighted by Crippen LogP contribution is -2.33. The maximum absolute atomic E-state index is 12.8. The largest absolute Gasteiger partial charge is 0.457 e. The number of methoxy groups -OCH3 is 2. The number of rotatable bonds is 11. The Morgan fingerprint density at radius 2 is 1.59 bits per heavy atom. The van der Waals surface area contributed by atoms with Crippen LogP contribution in [0.5, 0.6) is 11.5 Å². The van der Waals surface area contributed by atoms with E-state index in [-0.39, 0.29) is 12.5 Å². The molecule has 0 fully saturated rings.